The lowest BCUT2D eigenvalue weighted by atomic mass is 10.2. The Morgan fingerprint density at radius 1 is 1.17 bits per heavy atom. The molecule has 0 saturated carbocycles. The van der Waals surface area contributed by atoms with Crippen molar-refractivity contribution < 1.29 is 31.1 Å². The number of halogens is 6. The van der Waals surface area contributed by atoms with E-state index in [1.807, 2.05) is 0 Å². The van der Waals surface area contributed by atoms with Gasteiger partial charge in [0.05, 0.1) is 0 Å². The monoisotopic (exact) mass is 271 g/mol. The lowest BCUT2D eigenvalue weighted by molar-refractivity contribution is -0.269. The lowest BCUT2D eigenvalue weighted by Crippen LogP contribution is -2.50. The largest absolute Gasteiger partial charge is 0.463 e. The van der Waals surface area contributed by atoms with E-state index >= 15 is 0 Å². The van der Waals surface area contributed by atoms with Crippen molar-refractivity contribution in [3.05, 3.63) is 35.6 Å². The van der Waals surface area contributed by atoms with E-state index in [1.165, 1.54) is 17.4 Å². The molecule has 0 aliphatic heterocycles. The predicted octanol–water partition coefficient (Wildman–Crippen LogP) is 2.64. The number of rotatable bonds is 3. The summed E-state index contributed by atoms with van der Waals surface area (Å²) >= 11 is 0. The summed E-state index contributed by atoms with van der Waals surface area (Å²) in [5, 5.41) is 1.40. The molecule has 0 aliphatic rings. The van der Waals surface area contributed by atoms with E-state index in [-0.39, 0.29) is 5.56 Å². The van der Waals surface area contributed by atoms with Crippen LogP contribution in [0.3, 0.4) is 0 Å². The number of carbonyl (C=O) groups is 1. The Morgan fingerprint density at radius 3 is 2.28 bits per heavy atom. The highest BCUT2D eigenvalue weighted by Gasteiger charge is 2.63. The molecule has 0 bridgehead atoms. The van der Waals surface area contributed by atoms with Crippen LogP contribution in [0.15, 0.2) is 24.3 Å². The van der Waals surface area contributed by atoms with Gasteiger partial charge < -0.3 is 5.32 Å². The molecule has 0 fully saturated rings. The summed E-state index contributed by atoms with van der Waals surface area (Å²) in [7, 11) is 0. The van der Waals surface area contributed by atoms with Gasteiger partial charge >= 0.3 is 18.0 Å². The maximum absolute atomic E-state index is 12.7. The zero-order chi connectivity index (χ0) is 14.0. The summed E-state index contributed by atoms with van der Waals surface area (Å²) in [4.78, 5) is 10.7. The van der Waals surface area contributed by atoms with Crippen LogP contribution in [0.5, 0.6) is 0 Å². The number of hydrogen-bond acceptors (Lipinski definition) is 1. The molecule has 1 amide bonds. The number of hydrogen-bond donors (Lipinski definition) is 1. The summed E-state index contributed by atoms with van der Waals surface area (Å²) < 4.78 is 73.1. The Hall–Kier alpha value is -1.73. The molecule has 0 aromatic heterocycles. The molecule has 1 rings (SSSR count). The molecule has 0 aliphatic carbocycles. The fourth-order valence-corrected chi connectivity index (χ4v) is 1.07. The molecule has 2 nitrogen and oxygen atoms in total. The van der Waals surface area contributed by atoms with Crippen LogP contribution in [0.25, 0.3) is 0 Å². The van der Waals surface area contributed by atoms with Gasteiger partial charge in [-0.15, -0.1) is 0 Å². The van der Waals surface area contributed by atoms with Crippen LogP contribution in [-0.4, -0.2) is 18.0 Å². The molecule has 0 spiro atoms. The first-order valence-electron chi connectivity index (χ1n) is 4.62. The second-order valence-electron chi connectivity index (χ2n) is 3.38. The molecule has 100 valence electrons. The average Bonchev–Trinajstić information content (AvgIpc) is 2.24. The Balaban J connectivity index is 2.67. The number of amides is 1. The summed E-state index contributed by atoms with van der Waals surface area (Å²) in [5.74, 6) is -8.64. The summed E-state index contributed by atoms with van der Waals surface area (Å²) in [5.41, 5.74) is 0.0707. The average molecular weight is 271 g/mol. The zero-order valence-corrected chi connectivity index (χ0v) is 8.69. The smallest absolute Gasteiger partial charge is 0.346 e. The van der Waals surface area contributed by atoms with Crippen LogP contribution >= 0.6 is 0 Å². The molecule has 0 unspecified atom stereocenters. The zero-order valence-electron chi connectivity index (χ0n) is 8.69. The van der Waals surface area contributed by atoms with E-state index < -0.39 is 30.4 Å². The van der Waals surface area contributed by atoms with Crippen LogP contribution in [0.2, 0.25) is 0 Å². The van der Waals surface area contributed by atoms with E-state index in [0.717, 1.165) is 12.1 Å². The number of alkyl halides is 5. The van der Waals surface area contributed by atoms with Gasteiger partial charge in [0.25, 0.3) is 0 Å². The number of benzene rings is 1. The fourth-order valence-electron chi connectivity index (χ4n) is 1.07. The van der Waals surface area contributed by atoms with Crippen LogP contribution in [-0.2, 0) is 11.3 Å². The van der Waals surface area contributed by atoms with Crippen molar-refractivity contribution in [2.75, 3.05) is 0 Å². The standard InChI is InChI=1S/C10H7F6NO/c11-7-3-1-2-6(4-7)5-17-8(18)9(12,13)10(14,15)16/h1-4H,5H2,(H,17,18). The third kappa shape index (κ3) is 3.14. The van der Waals surface area contributed by atoms with Gasteiger partial charge in [-0.3, -0.25) is 4.79 Å². The van der Waals surface area contributed by atoms with Gasteiger partial charge in [-0.05, 0) is 17.7 Å². The lowest BCUT2D eigenvalue weighted by Gasteiger charge is -2.18. The highest BCUT2D eigenvalue weighted by Crippen LogP contribution is 2.35. The molecule has 1 aromatic carbocycles. The summed E-state index contributed by atoms with van der Waals surface area (Å²) in [6, 6.07) is 4.48. The first kappa shape index (κ1) is 14.3. The minimum absolute atomic E-state index is 0.0707. The fraction of sp³-hybridized carbons (Fsp3) is 0.300. The van der Waals surface area contributed by atoms with Gasteiger partial charge in [0.15, 0.2) is 0 Å². The third-order valence-electron chi connectivity index (χ3n) is 1.98. The SMILES string of the molecule is O=C(NCc1cccc(F)c1)C(F)(F)C(F)(F)F. The molecule has 0 radical (unpaired) electrons. The van der Waals surface area contributed by atoms with E-state index in [0.29, 0.717) is 0 Å². The molecule has 0 saturated heterocycles. The quantitative estimate of drug-likeness (QED) is 0.841. The minimum atomic E-state index is -5.96. The van der Waals surface area contributed by atoms with E-state index in [4.69, 9.17) is 0 Å². The molecule has 8 heteroatoms. The second-order valence-corrected chi connectivity index (χ2v) is 3.38. The van der Waals surface area contributed by atoms with Gasteiger partial charge in [0.1, 0.15) is 5.82 Å². The molecule has 1 N–H and O–H groups in total. The Kier molecular flexibility index (Phi) is 3.88. The van der Waals surface area contributed by atoms with Crippen LogP contribution in [0.1, 0.15) is 5.56 Å². The number of nitrogens with one attached hydrogen (secondary N) is 1. The van der Waals surface area contributed by atoms with Crippen molar-refractivity contribution >= 4 is 5.91 Å². The van der Waals surface area contributed by atoms with E-state index in [1.54, 1.807) is 0 Å². The van der Waals surface area contributed by atoms with Crippen molar-refractivity contribution in [2.45, 2.75) is 18.6 Å². The van der Waals surface area contributed by atoms with Crippen LogP contribution in [0, 0.1) is 5.82 Å². The van der Waals surface area contributed by atoms with Gasteiger partial charge in [-0.25, -0.2) is 4.39 Å². The Bertz CT molecular complexity index is 442. The highest BCUT2D eigenvalue weighted by atomic mass is 19.4. The molecular weight excluding hydrogens is 264 g/mol. The Labute approximate surface area is 97.6 Å². The van der Waals surface area contributed by atoms with Gasteiger partial charge in [-0.2, -0.15) is 22.0 Å². The minimum Gasteiger partial charge on any atom is -0.346 e. The maximum atomic E-state index is 12.7. The van der Waals surface area contributed by atoms with Crippen molar-refractivity contribution in [3.8, 4) is 0 Å². The van der Waals surface area contributed by atoms with Gasteiger partial charge in [-0.1, -0.05) is 12.1 Å². The van der Waals surface area contributed by atoms with E-state index in [9.17, 15) is 31.1 Å². The van der Waals surface area contributed by atoms with Crippen molar-refractivity contribution in [1.29, 1.82) is 0 Å². The second kappa shape index (κ2) is 4.87. The molecule has 0 heterocycles. The van der Waals surface area contributed by atoms with E-state index in [2.05, 4.69) is 0 Å². The predicted molar refractivity (Wildman–Crippen MR) is 49.2 cm³/mol. The first-order chi connectivity index (χ1) is 8.14. The topological polar surface area (TPSA) is 29.1 Å². The van der Waals surface area contributed by atoms with Crippen LogP contribution in [0.4, 0.5) is 26.3 Å². The normalized spacial score (nSPS) is 12.3. The summed E-state index contributed by atoms with van der Waals surface area (Å²) in [6.07, 6.45) is -5.96. The highest BCUT2D eigenvalue weighted by molar-refractivity contribution is 5.84. The molecular formula is C10H7F6NO. The maximum Gasteiger partial charge on any atom is 0.463 e. The molecule has 0 atom stereocenters. The van der Waals surface area contributed by atoms with Crippen molar-refractivity contribution in [1.82, 2.24) is 5.32 Å². The van der Waals surface area contributed by atoms with Crippen molar-refractivity contribution in [2.24, 2.45) is 0 Å². The van der Waals surface area contributed by atoms with Crippen LogP contribution < -0.4 is 5.32 Å². The van der Waals surface area contributed by atoms with Gasteiger partial charge in [0, 0.05) is 6.54 Å². The summed E-state index contributed by atoms with van der Waals surface area (Å²) in [6.45, 7) is -0.623. The first-order valence-corrected chi connectivity index (χ1v) is 4.62. The Morgan fingerprint density at radius 2 is 1.78 bits per heavy atom. The molecule has 1 aromatic rings. The number of carbonyl (C=O) groups excluding carboxylic acids is 1. The van der Waals surface area contributed by atoms with Gasteiger partial charge in [0.2, 0.25) is 0 Å². The van der Waals surface area contributed by atoms with Crippen molar-refractivity contribution in [3.63, 3.8) is 0 Å². The molecule has 18 heavy (non-hydrogen) atoms. The third-order valence-corrected chi connectivity index (χ3v) is 1.98.